The number of rotatable bonds is 3. The fourth-order valence-electron chi connectivity index (χ4n) is 5.14. The quantitative estimate of drug-likeness (QED) is 0.730. The van der Waals surface area contributed by atoms with Gasteiger partial charge in [-0.15, -0.1) is 0 Å². The molecule has 3 aliphatic rings. The Morgan fingerprint density at radius 3 is 2.10 bits per heavy atom. The van der Waals surface area contributed by atoms with Crippen LogP contribution in [-0.2, 0) is 16.1 Å². The van der Waals surface area contributed by atoms with Crippen molar-refractivity contribution < 1.29 is 19.1 Å². The summed E-state index contributed by atoms with van der Waals surface area (Å²) in [6, 6.07) is 10.8. The molecule has 170 valence electrons. The second-order valence-electron chi connectivity index (χ2n) is 9.96. The highest BCUT2D eigenvalue weighted by Crippen LogP contribution is 2.38. The molecule has 0 radical (unpaired) electrons. The van der Waals surface area contributed by atoms with Crippen LogP contribution in [0, 0.1) is 0 Å². The first kappa shape index (κ1) is 21.9. The number of carbonyl (C=O) groups excluding carboxylic acids is 2. The minimum absolute atomic E-state index is 0.163. The molecule has 3 heterocycles. The molecule has 3 saturated heterocycles. The van der Waals surface area contributed by atoms with E-state index in [1.54, 1.807) is 0 Å². The maximum absolute atomic E-state index is 12.7. The Bertz CT molecular complexity index is 757. The molecule has 3 aliphatic heterocycles. The third-order valence-corrected chi connectivity index (χ3v) is 6.61. The summed E-state index contributed by atoms with van der Waals surface area (Å²) in [7, 11) is 0. The summed E-state index contributed by atoms with van der Waals surface area (Å²) in [5.74, 6) is 0. The van der Waals surface area contributed by atoms with Crippen molar-refractivity contribution in [1.82, 2.24) is 14.7 Å². The van der Waals surface area contributed by atoms with E-state index in [0.29, 0.717) is 25.7 Å². The molecule has 3 fully saturated rings. The lowest BCUT2D eigenvalue weighted by atomic mass is 9.95. The van der Waals surface area contributed by atoms with Gasteiger partial charge in [-0.05, 0) is 52.0 Å². The van der Waals surface area contributed by atoms with Gasteiger partial charge in [0.05, 0.1) is 0 Å². The number of carbonyl (C=O) groups is 2. The van der Waals surface area contributed by atoms with Crippen molar-refractivity contribution in [2.45, 2.75) is 76.8 Å². The van der Waals surface area contributed by atoms with E-state index in [1.807, 2.05) is 60.9 Å². The van der Waals surface area contributed by atoms with Crippen molar-refractivity contribution in [2.75, 3.05) is 26.2 Å². The Kier molecular flexibility index (Phi) is 6.42. The molecule has 31 heavy (non-hydrogen) atoms. The number of amides is 2. The SMILES string of the molecule is CC(C)(C)OC(=O)N1C2CCC1CC(N1CCN(C(=O)OCc3ccccc3)CC1)C2. The lowest BCUT2D eigenvalue weighted by Crippen LogP contribution is -2.57. The number of ether oxygens (including phenoxy) is 2. The fourth-order valence-corrected chi connectivity index (χ4v) is 5.14. The standard InChI is InChI=1S/C24H35N3O4/c1-24(2,3)31-23(29)27-19-9-10-20(27)16-21(15-19)25-11-13-26(14-12-25)22(28)30-17-18-7-5-4-6-8-18/h4-8,19-21H,9-17H2,1-3H3. The predicted octanol–water partition coefficient (Wildman–Crippen LogP) is 3.87. The highest BCUT2D eigenvalue weighted by atomic mass is 16.6. The third-order valence-electron chi connectivity index (χ3n) is 6.61. The van der Waals surface area contributed by atoms with Crippen LogP contribution in [0.15, 0.2) is 30.3 Å². The van der Waals surface area contributed by atoms with Crippen LogP contribution in [0.2, 0.25) is 0 Å². The summed E-state index contributed by atoms with van der Waals surface area (Å²) in [5.41, 5.74) is 0.542. The molecule has 2 unspecified atom stereocenters. The maximum Gasteiger partial charge on any atom is 0.410 e. The van der Waals surface area contributed by atoms with Crippen LogP contribution in [0.25, 0.3) is 0 Å². The van der Waals surface area contributed by atoms with E-state index in [4.69, 9.17) is 9.47 Å². The number of hydrogen-bond donors (Lipinski definition) is 0. The van der Waals surface area contributed by atoms with Crippen molar-refractivity contribution >= 4 is 12.2 Å². The second kappa shape index (κ2) is 9.07. The molecule has 0 N–H and O–H groups in total. The first-order chi connectivity index (χ1) is 14.8. The van der Waals surface area contributed by atoms with Gasteiger partial charge in [0, 0.05) is 44.3 Å². The van der Waals surface area contributed by atoms with Gasteiger partial charge in [-0.25, -0.2) is 9.59 Å². The van der Waals surface area contributed by atoms with Gasteiger partial charge in [0.1, 0.15) is 12.2 Å². The lowest BCUT2D eigenvalue weighted by molar-refractivity contribution is -0.0101. The molecule has 2 atom stereocenters. The van der Waals surface area contributed by atoms with Gasteiger partial charge < -0.3 is 19.3 Å². The van der Waals surface area contributed by atoms with Crippen LogP contribution in [0.3, 0.4) is 0 Å². The van der Waals surface area contributed by atoms with Crippen LogP contribution in [-0.4, -0.2) is 76.8 Å². The monoisotopic (exact) mass is 429 g/mol. The zero-order valence-corrected chi connectivity index (χ0v) is 19.0. The summed E-state index contributed by atoms with van der Waals surface area (Å²) < 4.78 is 11.1. The first-order valence-corrected chi connectivity index (χ1v) is 11.5. The van der Waals surface area contributed by atoms with E-state index in [-0.39, 0.29) is 24.3 Å². The van der Waals surface area contributed by atoms with Crippen molar-refractivity contribution in [2.24, 2.45) is 0 Å². The number of piperazine rings is 1. The van der Waals surface area contributed by atoms with E-state index >= 15 is 0 Å². The Morgan fingerprint density at radius 2 is 1.52 bits per heavy atom. The molecule has 2 amide bonds. The Hall–Kier alpha value is -2.28. The summed E-state index contributed by atoms with van der Waals surface area (Å²) >= 11 is 0. The van der Waals surface area contributed by atoms with Crippen LogP contribution >= 0.6 is 0 Å². The van der Waals surface area contributed by atoms with E-state index in [1.165, 1.54) is 0 Å². The molecule has 7 heteroatoms. The van der Waals surface area contributed by atoms with Crippen LogP contribution in [0.1, 0.15) is 52.0 Å². The molecule has 1 aromatic carbocycles. The van der Waals surface area contributed by atoms with Crippen LogP contribution in [0.4, 0.5) is 9.59 Å². The molecule has 1 aromatic rings. The van der Waals surface area contributed by atoms with Gasteiger partial charge in [-0.2, -0.15) is 0 Å². The molecule has 7 nitrogen and oxygen atoms in total. The van der Waals surface area contributed by atoms with Gasteiger partial charge in [-0.1, -0.05) is 30.3 Å². The van der Waals surface area contributed by atoms with Crippen LogP contribution < -0.4 is 0 Å². The van der Waals surface area contributed by atoms with Gasteiger partial charge in [0.15, 0.2) is 0 Å². The fraction of sp³-hybridized carbons (Fsp3) is 0.667. The second-order valence-corrected chi connectivity index (χ2v) is 9.96. The summed E-state index contributed by atoms with van der Waals surface area (Å²) in [6.45, 7) is 9.17. The zero-order valence-electron chi connectivity index (χ0n) is 19.0. The molecule has 4 rings (SSSR count). The minimum Gasteiger partial charge on any atom is -0.445 e. The average Bonchev–Trinajstić information content (AvgIpc) is 3.01. The highest BCUT2D eigenvalue weighted by Gasteiger charge is 2.46. The van der Waals surface area contributed by atoms with Crippen LogP contribution in [0.5, 0.6) is 0 Å². The topological polar surface area (TPSA) is 62.3 Å². The number of fused-ring (bicyclic) bond motifs is 2. The molecular formula is C24H35N3O4. The predicted molar refractivity (Wildman–Crippen MR) is 118 cm³/mol. The minimum atomic E-state index is -0.460. The molecule has 0 aliphatic carbocycles. The first-order valence-electron chi connectivity index (χ1n) is 11.5. The van der Waals surface area contributed by atoms with Gasteiger partial charge >= 0.3 is 12.2 Å². The average molecular weight is 430 g/mol. The highest BCUT2D eigenvalue weighted by molar-refractivity contribution is 5.70. The van der Waals surface area contributed by atoms with Crippen molar-refractivity contribution in [1.29, 1.82) is 0 Å². The van der Waals surface area contributed by atoms with E-state index in [0.717, 1.165) is 44.3 Å². The molecule has 0 spiro atoms. The number of piperidine rings is 1. The third kappa shape index (κ3) is 5.32. The largest absolute Gasteiger partial charge is 0.445 e. The number of benzene rings is 1. The number of hydrogen-bond acceptors (Lipinski definition) is 5. The molecular weight excluding hydrogens is 394 g/mol. The Balaban J connectivity index is 1.25. The van der Waals surface area contributed by atoms with E-state index in [2.05, 4.69) is 4.90 Å². The van der Waals surface area contributed by atoms with Crippen molar-refractivity contribution in [3.05, 3.63) is 35.9 Å². The smallest absolute Gasteiger partial charge is 0.410 e. The summed E-state index contributed by atoms with van der Waals surface area (Å²) in [5, 5.41) is 0. The van der Waals surface area contributed by atoms with Gasteiger partial charge in [0.25, 0.3) is 0 Å². The van der Waals surface area contributed by atoms with E-state index in [9.17, 15) is 9.59 Å². The Morgan fingerprint density at radius 1 is 0.903 bits per heavy atom. The van der Waals surface area contributed by atoms with Gasteiger partial charge in [0.2, 0.25) is 0 Å². The van der Waals surface area contributed by atoms with E-state index < -0.39 is 5.60 Å². The zero-order chi connectivity index (χ0) is 22.0. The number of nitrogens with zero attached hydrogens (tertiary/aromatic N) is 3. The lowest BCUT2D eigenvalue weighted by Gasteiger charge is -2.45. The molecule has 0 aromatic heterocycles. The molecule has 2 bridgehead atoms. The maximum atomic E-state index is 12.7. The summed E-state index contributed by atoms with van der Waals surface area (Å²) in [4.78, 5) is 31.4. The Labute approximate surface area is 185 Å². The van der Waals surface area contributed by atoms with Crippen molar-refractivity contribution in [3.8, 4) is 0 Å². The summed E-state index contributed by atoms with van der Waals surface area (Å²) in [6.07, 6.45) is 3.72. The normalized spacial score (nSPS) is 26.6. The molecule has 0 saturated carbocycles. The van der Waals surface area contributed by atoms with Gasteiger partial charge in [-0.3, -0.25) is 4.90 Å². The van der Waals surface area contributed by atoms with Crippen molar-refractivity contribution in [3.63, 3.8) is 0 Å².